The van der Waals surface area contributed by atoms with Gasteiger partial charge in [0.1, 0.15) is 34.4 Å². The second-order valence-corrected chi connectivity index (χ2v) is 10.6. The fraction of sp³-hybridized carbons (Fsp3) is 0.458. The fourth-order valence-corrected chi connectivity index (χ4v) is 5.37. The molecule has 12 heteroatoms. The standard InChI is InChI=1S/C24H31N5O6S/c1-15-9-10-18(25-13-15)22(34-5)16(2)36(30,31)28-24-27-26-23(17-11-12-35-14-17)29(24)21-19(32-3)7-6-8-20(21)33-4/h6-10,13,16-17,22H,11-12,14H2,1-5H3,(H,27,28)/t16-,17?,22-/m0/s1. The maximum absolute atomic E-state index is 13.6. The van der Waals surface area contributed by atoms with Gasteiger partial charge in [-0.25, -0.2) is 8.42 Å². The van der Waals surface area contributed by atoms with E-state index < -0.39 is 21.4 Å². The van der Waals surface area contributed by atoms with Crippen molar-refractivity contribution in [3.8, 4) is 17.2 Å². The van der Waals surface area contributed by atoms with Gasteiger partial charge in [-0.05, 0) is 44.0 Å². The second kappa shape index (κ2) is 10.8. The molecule has 1 aliphatic rings. The van der Waals surface area contributed by atoms with E-state index in [-0.39, 0.29) is 11.9 Å². The molecular weight excluding hydrogens is 486 g/mol. The van der Waals surface area contributed by atoms with E-state index in [1.807, 2.05) is 13.0 Å². The number of pyridine rings is 1. The average Bonchev–Trinajstić information content (AvgIpc) is 3.54. The Bertz CT molecular complexity index is 1270. The Labute approximate surface area is 210 Å². The van der Waals surface area contributed by atoms with Gasteiger partial charge in [0, 0.05) is 25.8 Å². The van der Waals surface area contributed by atoms with Crippen LogP contribution in [-0.2, 0) is 19.5 Å². The van der Waals surface area contributed by atoms with Gasteiger partial charge in [-0.3, -0.25) is 14.3 Å². The smallest absolute Gasteiger partial charge is 0.243 e. The van der Waals surface area contributed by atoms with E-state index in [1.165, 1.54) is 21.3 Å². The molecule has 3 heterocycles. The van der Waals surface area contributed by atoms with Crippen molar-refractivity contribution in [1.82, 2.24) is 19.7 Å². The summed E-state index contributed by atoms with van der Waals surface area (Å²) >= 11 is 0. The van der Waals surface area contributed by atoms with Crippen LogP contribution in [0.4, 0.5) is 5.95 Å². The summed E-state index contributed by atoms with van der Waals surface area (Å²) in [6.07, 6.45) is 1.60. The number of benzene rings is 1. The Morgan fingerprint density at radius 3 is 2.39 bits per heavy atom. The van der Waals surface area contributed by atoms with Gasteiger partial charge in [-0.2, -0.15) is 0 Å². The zero-order valence-corrected chi connectivity index (χ0v) is 21.8. The van der Waals surface area contributed by atoms with E-state index in [4.69, 9.17) is 18.9 Å². The van der Waals surface area contributed by atoms with Crippen LogP contribution >= 0.6 is 0 Å². The fourth-order valence-electron chi connectivity index (χ4n) is 4.22. The van der Waals surface area contributed by atoms with Crippen molar-refractivity contribution in [2.45, 2.75) is 37.5 Å². The molecule has 3 atom stereocenters. The summed E-state index contributed by atoms with van der Waals surface area (Å²) in [5.41, 5.74) is 1.96. The maximum atomic E-state index is 13.6. The lowest BCUT2D eigenvalue weighted by molar-refractivity contribution is 0.0989. The van der Waals surface area contributed by atoms with Crippen LogP contribution in [-0.4, -0.2) is 68.0 Å². The molecule has 4 rings (SSSR count). The Kier molecular flexibility index (Phi) is 7.76. The van der Waals surface area contributed by atoms with E-state index in [0.29, 0.717) is 41.9 Å². The van der Waals surface area contributed by atoms with E-state index >= 15 is 0 Å². The van der Waals surface area contributed by atoms with Gasteiger partial charge in [0.05, 0.1) is 26.5 Å². The van der Waals surface area contributed by atoms with Gasteiger partial charge in [0.2, 0.25) is 16.0 Å². The van der Waals surface area contributed by atoms with Gasteiger partial charge in [-0.1, -0.05) is 12.1 Å². The van der Waals surface area contributed by atoms with Crippen LogP contribution in [0, 0.1) is 6.92 Å². The summed E-state index contributed by atoms with van der Waals surface area (Å²) in [5.74, 6) is 1.43. The lowest BCUT2D eigenvalue weighted by Crippen LogP contribution is -2.33. The molecule has 1 unspecified atom stereocenters. The Hall–Kier alpha value is -3.22. The lowest BCUT2D eigenvalue weighted by Gasteiger charge is -2.23. The number of anilines is 1. The number of aryl methyl sites for hydroxylation is 1. The van der Waals surface area contributed by atoms with Crippen molar-refractivity contribution in [3.05, 3.63) is 53.6 Å². The molecule has 11 nitrogen and oxygen atoms in total. The molecule has 1 N–H and O–H groups in total. The van der Waals surface area contributed by atoms with E-state index in [1.54, 1.807) is 42.0 Å². The monoisotopic (exact) mass is 517 g/mol. The topological polar surface area (TPSA) is 127 Å². The van der Waals surface area contributed by atoms with Crippen LogP contribution in [0.2, 0.25) is 0 Å². The summed E-state index contributed by atoms with van der Waals surface area (Å²) < 4.78 is 53.7. The number of rotatable bonds is 10. The number of hydrogen-bond donors (Lipinski definition) is 1. The summed E-state index contributed by atoms with van der Waals surface area (Å²) in [5, 5.41) is 7.58. The van der Waals surface area contributed by atoms with Crippen molar-refractivity contribution in [2.24, 2.45) is 0 Å². The van der Waals surface area contributed by atoms with Gasteiger partial charge < -0.3 is 18.9 Å². The van der Waals surface area contributed by atoms with Crippen molar-refractivity contribution in [3.63, 3.8) is 0 Å². The van der Waals surface area contributed by atoms with E-state index in [0.717, 1.165) is 12.0 Å². The zero-order chi connectivity index (χ0) is 25.9. The molecule has 1 saturated heterocycles. The minimum Gasteiger partial charge on any atom is -0.494 e. The average molecular weight is 518 g/mol. The number of para-hydroxylation sites is 1. The Morgan fingerprint density at radius 1 is 1.11 bits per heavy atom. The molecule has 0 spiro atoms. The second-order valence-electron chi connectivity index (χ2n) is 8.56. The lowest BCUT2D eigenvalue weighted by atomic mass is 10.1. The minimum absolute atomic E-state index is 0.0123. The van der Waals surface area contributed by atoms with Crippen LogP contribution in [0.3, 0.4) is 0 Å². The summed E-state index contributed by atoms with van der Waals surface area (Å²) in [7, 11) is 0.508. The van der Waals surface area contributed by atoms with Crippen LogP contribution < -0.4 is 14.2 Å². The van der Waals surface area contributed by atoms with Crippen LogP contribution in [0.25, 0.3) is 5.69 Å². The first-order valence-electron chi connectivity index (χ1n) is 11.5. The quantitative estimate of drug-likeness (QED) is 0.432. The van der Waals surface area contributed by atoms with Gasteiger partial charge in [0.15, 0.2) is 0 Å². The third-order valence-electron chi connectivity index (χ3n) is 6.24. The molecule has 194 valence electrons. The number of hydrogen-bond acceptors (Lipinski definition) is 9. The van der Waals surface area contributed by atoms with Gasteiger partial charge in [-0.15, -0.1) is 10.2 Å². The highest BCUT2D eigenvalue weighted by Gasteiger charge is 2.35. The van der Waals surface area contributed by atoms with Crippen molar-refractivity contribution < 1.29 is 27.4 Å². The highest BCUT2D eigenvalue weighted by atomic mass is 32.2. The molecule has 1 fully saturated rings. The molecule has 0 saturated carbocycles. The van der Waals surface area contributed by atoms with Crippen LogP contribution in [0.15, 0.2) is 36.5 Å². The summed E-state index contributed by atoms with van der Waals surface area (Å²) in [6.45, 7) is 4.50. The predicted octanol–water partition coefficient (Wildman–Crippen LogP) is 3.01. The number of nitrogens with zero attached hydrogens (tertiary/aromatic N) is 4. The minimum atomic E-state index is -4.01. The van der Waals surface area contributed by atoms with Crippen molar-refractivity contribution in [2.75, 3.05) is 39.3 Å². The van der Waals surface area contributed by atoms with Crippen molar-refractivity contribution >= 4 is 16.0 Å². The molecule has 3 aromatic rings. The van der Waals surface area contributed by atoms with E-state index in [2.05, 4.69) is 19.9 Å². The first kappa shape index (κ1) is 25.9. The van der Waals surface area contributed by atoms with Gasteiger partial charge in [0.25, 0.3) is 0 Å². The summed E-state index contributed by atoms with van der Waals surface area (Å²) in [6, 6.07) is 8.93. The van der Waals surface area contributed by atoms with Crippen molar-refractivity contribution in [1.29, 1.82) is 0 Å². The molecule has 36 heavy (non-hydrogen) atoms. The molecule has 0 bridgehead atoms. The van der Waals surface area contributed by atoms with Crippen LogP contribution in [0.5, 0.6) is 11.5 Å². The highest BCUT2D eigenvalue weighted by Crippen LogP contribution is 2.38. The molecular formula is C24H31N5O6S. The number of nitrogens with one attached hydrogen (secondary N) is 1. The number of ether oxygens (including phenoxy) is 4. The molecule has 2 aromatic heterocycles. The highest BCUT2D eigenvalue weighted by molar-refractivity contribution is 7.93. The number of sulfonamides is 1. The predicted molar refractivity (Wildman–Crippen MR) is 133 cm³/mol. The summed E-state index contributed by atoms with van der Waals surface area (Å²) in [4.78, 5) is 4.36. The molecule has 1 aromatic carbocycles. The van der Waals surface area contributed by atoms with Gasteiger partial charge >= 0.3 is 0 Å². The largest absolute Gasteiger partial charge is 0.494 e. The van der Waals surface area contributed by atoms with E-state index in [9.17, 15) is 8.42 Å². The Morgan fingerprint density at radius 2 is 1.83 bits per heavy atom. The number of aromatic nitrogens is 4. The molecule has 0 aliphatic carbocycles. The third kappa shape index (κ3) is 5.01. The Balaban J connectivity index is 1.77. The molecule has 0 radical (unpaired) electrons. The van der Waals surface area contributed by atoms with Crippen LogP contribution in [0.1, 0.15) is 42.4 Å². The molecule has 1 aliphatic heterocycles. The first-order chi connectivity index (χ1) is 17.3. The number of methoxy groups -OCH3 is 3. The maximum Gasteiger partial charge on any atom is 0.243 e. The molecule has 0 amide bonds. The normalized spacial score (nSPS) is 17.5. The first-order valence-corrected chi connectivity index (χ1v) is 13.1. The SMILES string of the molecule is COc1cccc(OC)c1-n1c(NS(=O)(=O)[C@@H](C)[C@H](OC)c2ccc(C)cn2)nnc1C1CCOC1. The third-order valence-corrected chi connectivity index (χ3v) is 7.93. The zero-order valence-electron chi connectivity index (χ0n) is 21.0.